The van der Waals surface area contributed by atoms with Gasteiger partial charge >= 0.3 is 5.69 Å². The van der Waals surface area contributed by atoms with Crippen molar-refractivity contribution >= 4 is 34.4 Å². The molecule has 0 aliphatic carbocycles. The fourth-order valence-electron chi connectivity index (χ4n) is 2.14. The third kappa shape index (κ3) is 2.71. The number of H-pyrrole nitrogens is 2. The van der Waals surface area contributed by atoms with Crippen LogP contribution in [0.25, 0.3) is 11.0 Å². The summed E-state index contributed by atoms with van der Waals surface area (Å²) in [5, 5.41) is 2.85. The molecule has 0 spiro atoms. The largest absolute Gasteiger partial charge is 0.323 e. The molecule has 0 saturated carbocycles. The molecule has 106 valence electrons. The van der Waals surface area contributed by atoms with Crippen molar-refractivity contribution in [2.75, 3.05) is 11.6 Å². The molecule has 1 aromatic heterocycles. The SMILES string of the molecule is CSc1ccccc1C(=O)Nc1ccc2[nH]c(=O)[nH]c2c1. The number of anilines is 1. The van der Waals surface area contributed by atoms with Gasteiger partial charge in [-0.3, -0.25) is 4.79 Å². The number of imidazole rings is 1. The fourth-order valence-corrected chi connectivity index (χ4v) is 2.74. The fraction of sp³-hybridized carbons (Fsp3) is 0.0667. The highest BCUT2D eigenvalue weighted by atomic mass is 32.2. The van der Waals surface area contributed by atoms with Crippen LogP contribution >= 0.6 is 11.8 Å². The third-order valence-electron chi connectivity index (χ3n) is 3.13. The summed E-state index contributed by atoms with van der Waals surface area (Å²) < 4.78 is 0. The molecule has 3 aromatic rings. The number of carbonyl (C=O) groups excluding carboxylic acids is 1. The molecular formula is C15H13N3O2S. The lowest BCUT2D eigenvalue weighted by atomic mass is 10.2. The van der Waals surface area contributed by atoms with Crippen LogP contribution < -0.4 is 11.0 Å². The molecule has 0 atom stereocenters. The van der Waals surface area contributed by atoms with Crippen molar-refractivity contribution in [2.24, 2.45) is 0 Å². The monoisotopic (exact) mass is 299 g/mol. The van der Waals surface area contributed by atoms with Crippen LogP contribution in [0.3, 0.4) is 0 Å². The lowest BCUT2D eigenvalue weighted by Crippen LogP contribution is -2.12. The maximum atomic E-state index is 12.3. The van der Waals surface area contributed by atoms with Gasteiger partial charge in [-0.25, -0.2) is 4.79 Å². The van der Waals surface area contributed by atoms with Crippen LogP contribution in [0.2, 0.25) is 0 Å². The first-order valence-corrected chi connectivity index (χ1v) is 7.56. The zero-order chi connectivity index (χ0) is 14.8. The molecule has 1 heterocycles. The van der Waals surface area contributed by atoms with Crippen molar-refractivity contribution in [3.63, 3.8) is 0 Å². The summed E-state index contributed by atoms with van der Waals surface area (Å²) in [6, 6.07) is 12.7. The van der Waals surface area contributed by atoms with Crippen LogP contribution in [0.5, 0.6) is 0 Å². The first-order valence-electron chi connectivity index (χ1n) is 6.34. The maximum absolute atomic E-state index is 12.3. The minimum atomic E-state index is -0.263. The Morgan fingerprint density at radius 2 is 1.86 bits per heavy atom. The van der Waals surface area contributed by atoms with Crippen molar-refractivity contribution in [1.82, 2.24) is 9.97 Å². The van der Waals surface area contributed by atoms with Crippen molar-refractivity contribution in [3.8, 4) is 0 Å². The van der Waals surface area contributed by atoms with Gasteiger partial charge < -0.3 is 15.3 Å². The zero-order valence-electron chi connectivity index (χ0n) is 11.3. The van der Waals surface area contributed by atoms with Gasteiger partial charge in [-0.05, 0) is 36.6 Å². The number of aromatic nitrogens is 2. The summed E-state index contributed by atoms with van der Waals surface area (Å²) >= 11 is 1.53. The number of nitrogens with one attached hydrogen (secondary N) is 3. The number of aromatic amines is 2. The van der Waals surface area contributed by atoms with E-state index >= 15 is 0 Å². The van der Waals surface area contributed by atoms with Gasteiger partial charge in [0.05, 0.1) is 16.6 Å². The normalized spacial score (nSPS) is 10.7. The molecule has 5 nitrogen and oxygen atoms in total. The van der Waals surface area contributed by atoms with Gasteiger partial charge in [-0.1, -0.05) is 12.1 Å². The van der Waals surface area contributed by atoms with Gasteiger partial charge in [0, 0.05) is 10.6 Å². The Labute approximate surface area is 124 Å². The lowest BCUT2D eigenvalue weighted by molar-refractivity contribution is 0.102. The topological polar surface area (TPSA) is 77.8 Å². The summed E-state index contributed by atoms with van der Waals surface area (Å²) in [6.45, 7) is 0. The molecule has 0 fully saturated rings. The molecule has 0 aliphatic heterocycles. The number of benzene rings is 2. The van der Waals surface area contributed by atoms with Crippen LogP contribution in [0.4, 0.5) is 5.69 Å². The molecule has 3 rings (SSSR count). The van der Waals surface area contributed by atoms with E-state index in [0.717, 1.165) is 4.90 Å². The minimum Gasteiger partial charge on any atom is -0.322 e. The van der Waals surface area contributed by atoms with Crippen molar-refractivity contribution in [1.29, 1.82) is 0 Å². The van der Waals surface area contributed by atoms with E-state index in [-0.39, 0.29) is 11.6 Å². The second-order valence-electron chi connectivity index (χ2n) is 4.49. The molecule has 21 heavy (non-hydrogen) atoms. The van der Waals surface area contributed by atoms with Gasteiger partial charge in [0.2, 0.25) is 0 Å². The van der Waals surface area contributed by atoms with Crippen molar-refractivity contribution < 1.29 is 4.79 Å². The average molecular weight is 299 g/mol. The molecule has 3 N–H and O–H groups in total. The van der Waals surface area contributed by atoms with Crippen LogP contribution in [0, 0.1) is 0 Å². The summed E-state index contributed by atoms with van der Waals surface area (Å²) in [7, 11) is 0. The number of fused-ring (bicyclic) bond motifs is 1. The van der Waals surface area contributed by atoms with E-state index < -0.39 is 0 Å². The van der Waals surface area contributed by atoms with Crippen LogP contribution in [0.15, 0.2) is 52.2 Å². The predicted molar refractivity (Wildman–Crippen MR) is 85.1 cm³/mol. The highest BCUT2D eigenvalue weighted by Gasteiger charge is 2.11. The Bertz CT molecular complexity index is 866. The highest BCUT2D eigenvalue weighted by molar-refractivity contribution is 7.98. The third-order valence-corrected chi connectivity index (χ3v) is 3.92. The Kier molecular flexibility index (Phi) is 3.53. The average Bonchev–Trinajstić information content (AvgIpc) is 2.86. The van der Waals surface area contributed by atoms with E-state index in [1.165, 1.54) is 11.8 Å². The lowest BCUT2D eigenvalue weighted by Gasteiger charge is -2.08. The summed E-state index contributed by atoms with van der Waals surface area (Å²) in [5.41, 5.74) is 2.38. The molecule has 0 aliphatic rings. The van der Waals surface area contributed by atoms with E-state index in [0.29, 0.717) is 22.3 Å². The first kappa shape index (κ1) is 13.5. The maximum Gasteiger partial charge on any atom is 0.323 e. The second-order valence-corrected chi connectivity index (χ2v) is 5.34. The molecule has 0 unspecified atom stereocenters. The second kappa shape index (κ2) is 5.49. The van der Waals surface area contributed by atoms with Crippen LogP contribution in [-0.2, 0) is 0 Å². The number of hydrogen-bond donors (Lipinski definition) is 3. The van der Waals surface area contributed by atoms with Gasteiger partial charge in [0.25, 0.3) is 5.91 Å². The number of rotatable bonds is 3. The first-order chi connectivity index (χ1) is 10.2. The molecule has 1 amide bonds. The number of amides is 1. The predicted octanol–water partition coefficient (Wildman–Crippen LogP) is 2.83. The number of carbonyl (C=O) groups is 1. The molecule has 0 saturated heterocycles. The van der Waals surface area contributed by atoms with Crippen LogP contribution in [0.1, 0.15) is 10.4 Å². The summed E-state index contributed by atoms with van der Waals surface area (Å²) in [5.74, 6) is -0.169. The highest BCUT2D eigenvalue weighted by Crippen LogP contribution is 2.22. The van der Waals surface area contributed by atoms with E-state index in [1.54, 1.807) is 24.3 Å². The number of thioether (sulfide) groups is 1. The number of hydrogen-bond acceptors (Lipinski definition) is 3. The minimum absolute atomic E-state index is 0.169. The van der Waals surface area contributed by atoms with E-state index in [4.69, 9.17) is 0 Å². The van der Waals surface area contributed by atoms with E-state index in [2.05, 4.69) is 15.3 Å². The quantitative estimate of drug-likeness (QED) is 0.651. The van der Waals surface area contributed by atoms with Gasteiger partial charge in [0.1, 0.15) is 0 Å². The Hall–Kier alpha value is -2.47. The van der Waals surface area contributed by atoms with Crippen molar-refractivity contribution in [2.45, 2.75) is 4.90 Å². The molecule has 0 bridgehead atoms. The standard InChI is InChI=1S/C15H13N3O2S/c1-21-13-5-3-2-4-10(13)14(19)16-9-6-7-11-12(8-9)18-15(20)17-11/h2-8H,1H3,(H,16,19)(H2,17,18,20). The Morgan fingerprint density at radius 1 is 1.10 bits per heavy atom. The summed E-state index contributed by atoms with van der Waals surface area (Å²) in [4.78, 5) is 29.8. The van der Waals surface area contributed by atoms with Crippen molar-refractivity contribution in [3.05, 3.63) is 58.5 Å². The van der Waals surface area contributed by atoms with Gasteiger partial charge in [-0.15, -0.1) is 11.8 Å². The molecule has 6 heteroatoms. The Morgan fingerprint density at radius 3 is 2.67 bits per heavy atom. The van der Waals surface area contributed by atoms with E-state index in [9.17, 15) is 9.59 Å². The summed E-state index contributed by atoms with van der Waals surface area (Å²) in [6.07, 6.45) is 1.93. The Balaban J connectivity index is 1.90. The molecular weight excluding hydrogens is 286 g/mol. The van der Waals surface area contributed by atoms with Gasteiger partial charge in [0.15, 0.2) is 0 Å². The molecule has 2 aromatic carbocycles. The molecule has 0 radical (unpaired) electrons. The van der Waals surface area contributed by atoms with E-state index in [1.807, 2.05) is 24.5 Å². The van der Waals surface area contributed by atoms with Crippen LogP contribution in [-0.4, -0.2) is 22.1 Å². The smallest absolute Gasteiger partial charge is 0.322 e. The zero-order valence-corrected chi connectivity index (χ0v) is 12.1. The van der Waals surface area contributed by atoms with Gasteiger partial charge in [-0.2, -0.15) is 0 Å².